The first kappa shape index (κ1) is 9.85. The van der Waals surface area contributed by atoms with Crippen molar-refractivity contribution in [3.05, 3.63) is 23.8 Å². The summed E-state index contributed by atoms with van der Waals surface area (Å²) in [4.78, 5) is 13.8. The third-order valence-electron chi connectivity index (χ3n) is 4.67. The number of rotatable bonds is 0. The van der Waals surface area contributed by atoms with Crippen LogP contribution in [-0.2, 0) is 9.53 Å². The smallest absolute Gasteiger partial charge is 0.332 e. The summed E-state index contributed by atoms with van der Waals surface area (Å²) in [6, 6.07) is 0.460. The van der Waals surface area contributed by atoms with E-state index >= 15 is 0 Å². The van der Waals surface area contributed by atoms with Crippen molar-refractivity contribution in [1.29, 1.82) is 0 Å². The highest BCUT2D eigenvalue weighted by Crippen LogP contribution is 2.48. The molecule has 0 saturated carbocycles. The first-order valence-electron chi connectivity index (χ1n) is 6.28. The van der Waals surface area contributed by atoms with Gasteiger partial charge in [0.05, 0.1) is 0 Å². The van der Waals surface area contributed by atoms with Gasteiger partial charge in [0, 0.05) is 30.2 Å². The number of hydrogen-bond donors (Lipinski definition) is 1. The van der Waals surface area contributed by atoms with Crippen LogP contribution in [0.5, 0.6) is 0 Å². The summed E-state index contributed by atoms with van der Waals surface area (Å²) in [6.07, 6.45) is 7.88. The Kier molecular flexibility index (Phi) is 1.74. The zero-order valence-electron chi connectivity index (χ0n) is 9.50. The molecule has 4 rings (SSSR count). The van der Waals surface area contributed by atoms with Gasteiger partial charge in [-0.2, -0.15) is 0 Å². The first-order chi connectivity index (χ1) is 8.21. The van der Waals surface area contributed by atoms with E-state index in [4.69, 9.17) is 4.74 Å². The minimum atomic E-state index is -0.748. The minimum Gasteiger partial charge on any atom is -0.448 e. The van der Waals surface area contributed by atoms with Crippen molar-refractivity contribution in [3.8, 4) is 0 Å². The second-order valence-electron chi connectivity index (χ2n) is 5.43. The van der Waals surface area contributed by atoms with Crippen molar-refractivity contribution < 1.29 is 14.6 Å². The van der Waals surface area contributed by atoms with Crippen LogP contribution in [0.4, 0.5) is 0 Å². The van der Waals surface area contributed by atoms with Crippen LogP contribution in [0.2, 0.25) is 0 Å². The van der Waals surface area contributed by atoms with Gasteiger partial charge in [-0.05, 0) is 19.4 Å². The van der Waals surface area contributed by atoms with Crippen molar-refractivity contribution in [2.24, 2.45) is 0 Å². The van der Waals surface area contributed by atoms with Crippen LogP contribution >= 0.6 is 0 Å². The number of aliphatic hydroxyl groups is 1. The van der Waals surface area contributed by atoms with Crippen LogP contribution in [-0.4, -0.2) is 46.3 Å². The molecular weight excluding hydrogens is 218 g/mol. The Morgan fingerprint density at radius 1 is 1.53 bits per heavy atom. The third kappa shape index (κ3) is 1.07. The summed E-state index contributed by atoms with van der Waals surface area (Å²) in [7, 11) is 0. The highest BCUT2D eigenvalue weighted by Gasteiger charge is 2.59. The monoisotopic (exact) mass is 233 g/mol. The number of fused-ring (bicyclic) bond motifs is 3. The number of piperidine rings is 1. The lowest BCUT2D eigenvalue weighted by Gasteiger charge is -2.51. The minimum absolute atomic E-state index is 0.146. The summed E-state index contributed by atoms with van der Waals surface area (Å²) in [6.45, 7) is 1.04. The molecule has 2 saturated heterocycles. The van der Waals surface area contributed by atoms with Gasteiger partial charge in [-0.1, -0.05) is 12.2 Å². The Morgan fingerprint density at radius 3 is 3.29 bits per heavy atom. The lowest BCUT2D eigenvalue weighted by Crippen LogP contribution is -2.64. The molecule has 0 aromatic carbocycles. The van der Waals surface area contributed by atoms with E-state index in [1.165, 1.54) is 6.08 Å². The highest BCUT2D eigenvalue weighted by atomic mass is 16.6. The zero-order valence-corrected chi connectivity index (χ0v) is 9.50. The number of hydrogen-bond acceptors (Lipinski definition) is 4. The Bertz CT molecular complexity index is 456. The molecule has 1 spiro atoms. The van der Waals surface area contributed by atoms with Gasteiger partial charge in [-0.3, -0.25) is 4.90 Å². The van der Waals surface area contributed by atoms with Gasteiger partial charge in [-0.15, -0.1) is 0 Å². The van der Waals surface area contributed by atoms with E-state index in [0.29, 0.717) is 12.5 Å². The molecule has 0 aromatic rings. The second-order valence-corrected chi connectivity index (χ2v) is 5.43. The van der Waals surface area contributed by atoms with Gasteiger partial charge in [-0.25, -0.2) is 4.79 Å². The molecule has 4 aliphatic rings. The molecule has 3 aliphatic heterocycles. The number of aliphatic hydroxyl groups excluding tert-OH is 1. The van der Waals surface area contributed by atoms with Crippen LogP contribution in [0.1, 0.15) is 19.3 Å². The second kappa shape index (κ2) is 3.00. The van der Waals surface area contributed by atoms with E-state index in [-0.39, 0.29) is 12.0 Å². The maximum Gasteiger partial charge on any atom is 0.332 e. The third-order valence-corrected chi connectivity index (χ3v) is 4.67. The molecule has 4 heteroatoms. The number of esters is 1. The maximum absolute atomic E-state index is 11.5. The Labute approximate surface area is 99.5 Å². The van der Waals surface area contributed by atoms with Gasteiger partial charge in [0.2, 0.25) is 0 Å². The summed E-state index contributed by atoms with van der Waals surface area (Å²) >= 11 is 0. The van der Waals surface area contributed by atoms with E-state index in [0.717, 1.165) is 25.0 Å². The Balaban J connectivity index is 1.84. The van der Waals surface area contributed by atoms with Crippen molar-refractivity contribution >= 4 is 5.97 Å². The molecule has 2 fully saturated rings. The van der Waals surface area contributed by atoms with Crippen LogP contribution < -0.4 is 0 Å². The number of ether oxygens (including phenoxy) is 1. The molecule has 3 heterocycles. The van der Waals surface area contributed by atoms with Gasteiger partial charge in [0.25, 0.3) is 0 Å². The fourth-order valence-electron chi connectivity index (χ4n) is 3.92. The molecule has 2 bridgehead atoms. The van der Waals surface area contributed by atoms with E-state index in [1.807, 2.05) is 6.08 Å². The summed E-state index contributed by atoms with van der Waals surface area (Å²) < 4.78 is 5.48. The van der Waals surface area contributed by atoms with Crippen LogP contribution in [0, 0.1) is 0 Å². The van der Waals surface area contributed by atoms with Crippen molar-refractivity contribution in [2.45, 2.75) is 43.1 Å². The van der Waals surface area contributed by atoms with Crippen LogP contribution in [0.15, 0.2) is 23.8 Å². The molecule has 0 unspecified atom stereocenters. The van der Waals surface area contributed by atoms with Gasteiger partial charge >= 0.3 is 5.97 Å². The number of carbonyl (C=O) groups is 1. The van der Waals surface area contributed by atoms with Crippen molar-refractivity contribution in [2.75, 3.05) is 6.54 Å². The van der Waals surface area contributed by atoms with Gasteiger partial charge in [0.15, 0.2) is 5.60 Å². The van der Waals surface area contributed by atoms with E-state index in [1.54, 1.807) is 0 Å². The standard InChI is InChI=1S/C13H15NO3/c15-11-6-8-3-4-9-7-13(8,17-11)12(16)10-2-1-5-14(9)10/h3-4,6,9-10,12,16H,1-2,5,7H2/t9-,10-,12+,13+/m1/s1. The normalized spacial score (nSPS) is 47.5. The van der Waals surface area contributed by atoms with E-state index < -0.39 is 11.7 Å². The molecular formula is C13H15NO3. The molecule has 0 radical (unpaired) electrons. The topological polar surface area (TPSA) is 49.8 Å². The summed E-state index contributed by atoms with van der Waals surface area (Å²) in [5.74, 6) is -0.309. The quantitative estimate of drug-likeness (QED) is 0.614. The molecule has 0 aromatic heterocycles. The lowest BCUT2D eigenvalue weighted by molar-refractivity contribution is -0.173. The maximum atomic E-state index is 11.5. The zero-order chi connectivity index (χ0) is 11.6. The Hall–Kier alpha value is -1.13. The molecule has 0 amide bonds. The predicted molar refractivity (Wildman–Crippen MR) is 60.2 cm³/mol. The molecule has 4 nitrogen and oxygen atoms in total. The average molecular weight is 233 g/mol. The summed E-state index contributed by atoms with van der Waals surface area (Å²) in [5, 5.41) is 10.6. The van der Waals surface area contributed by atoms with Gasteiger partial charge < -0.3 is 9.84 Å². The lowest BCUT2D eigenvalue weighted by atomic mass is 9.72. The molecule has 1 aliphatic carbocycles. The molecule has 1 N–H and O–H groups in total. The highest BCUT2D eigenvalue weighted by molar-refractivity contribution is 5.88. The SMILES string of the molecule is O=C1C=C2C=C[C@@H]3C[C@@]2(O1)[C@@H](O)[C@H]1CCCN31. The van der Waals surface area contributed by atoms with Crippen LogP contribution in [0.25, 0.3) is 0 Å². The van der Waals surface area contributed by atoms with Crippen LogP contribution in [0.3, 0.4) is 0 Å². The number of nitrogens with zero attached hydrogens (tertiary/aromatic N) is 1. The largest absolute Gasteiger partial charge is 0.448 e. The fraction of sp³-hybridized carbons (Fsp3) is 0.615. The predicted octanol–water partition coefficient (Wildman–Crippen LogP) is 0.376. The summed E-state index contributed by atoms with van der Waals surface area (Å²) in [5.41, 5.74) is 0.111. The van der Waals surface area contributed by atoms with E-state index in [2.05, 4.69) is 11.0 Å². The Morgan fingerprint density at radius 2 is 2.41 bits per heavy atom. The van der Waals surface area contributed by atoms with E-state index in [9.17, 15) is 9.90 Å². The average Bonchev–Trinajstić information content (AvgIpc) is 2.88. The number of carbonyl (C=O) groups excluding carboxylic acids is 1. The fourth-order valence-corrected chi connectivity index (χ4v) is 3.92. The van der Waals surface area contributed by atoms with Gasteiger partial charge in [0.1, 0.15) is 6.10 Å². The first-order valence-corrected chi connectivity index (χ1v) is 6.28. The molecule has 17 heavy (non-hydrogen) atoms. The van der Waals surface area contributed by atoms with Crippen molar-refractivity contribution in [3.63, 3.8) is 0 Å². The molecule has 90 valence electrons. The van der Waals surface area contributed by atoms with Crippen molar-refractivity contribution in [1.82, 2.24) is 4.90 Å². The molecule has 4 atom stereocenters.